The highest BCUT2D eigenvalue weighted by Gasteiger charge is 2.22. The average molecular weight is 389 g/mol. The predicted molar refractivity (Wildman–Crippen MR) is 121 cm³/mol. The van der Waals surface area contributed by atoms with Crippen molar-refractivity contribution in [2.45, 2.75) is 51.4 Å². The van der Waals surface area contributed by atoms with Gasteiger partial charge in [-0.05, 0) is 91.7 Å². The van der Waals surface area contributed by atoms with Crippen molar-refractivity contribution in [3.63, 3.8) is 0 Å². The van der Waals surface area contributed by atoms with Gasteiger partial charge in [-0.25, -0.2) is 0 Å². The molecule has 0 radical (unpaired) electrons. The summed E-state index contributed by atoms with van der Waals surface area (Å²) in [4.78, 5) is 0. The maximum Gasteiger partial charge on any atom is 0.0406 e. The van der Waals surface area contributed by atoms with Crippen molar-refractivity contribution < 1.29 is 0 Å². The molecular weight excluding hydrogens is 360 g/mol. The molecule has 0 heterocycles. The Morgan fingerprint density at radius 1 is 0.714 bits per heavy atom. The molecule has 0 spiro atoms. The zero-order chi connectivity index (χ0) is 19.3. The summed E-state index contributed by atoms with van der Waals surface area (Å²) in [6, 6.07) is 26.3. The van der Waals surface area contributed by atoms with Crippen LogP contribution in [0.4, 0.5) is 0 Å². The summed E-state index contributed by atoms with van der Waals surface area (Å²) in [5.74, 6) is 1.66. The molecule has 1 saturated carbocycles. The molecule has 1 heteroatoms. The van der Waals surface area contributed by atoms with E-state index < -0.39 is 0 Å². The van der Waals surface area contributed by atoms with Gasteiger partial charge in [-0.3, -0.25) is 0 Å². The normalized spacial score (nSPS) is 19.5. The first-order valence-electron chi connectivity index (χ1n) is 10.6. The predicted octanol–water partition coefficient (Wildman–Crippen LogP) is 8.22. The first kappa shape index (κ1) is 19.3. The molecule has 0 atom stereocenters. The van der Waals surface area contributed by atoms with E-state index in [1.165, 1.54) is 60.8 Å². The van der Waals surface area contributed by atoms with Crippen LogP contribution in [0.1, 0.15) is 54.7 Å². The number of halogens is 1. The summed E-state index contributed by atoms with van der Waals surface area (Å²) in [6.45, 7) is 2.17. The Balaban J connectivity index is 1.27. The van der Waals surface area contributed by atoms with Crippen LogP contribution in [0.15, 0.2) is 72.8 Å². The maximum absolute atomic E-state index is 5.99. The summed E-state index contributed by atoms with van der Waals surface area (Å²) in [5.41, 5.74) is 6.85. The second-order valence-corrected chi connectivity index (χ2v) is 8.81. The molecule has 1 aliphatic carbocycles. The van der Waals surface area contributed by atoms with E-state index in [2.05, 4.69) is 67.6 Å². The Hall–Kier alpha value is -2.05. The van der Waals surface area contributed by atoms with E-state index in [0.29, 0.717) is 0 Å². The molecule has 0 saturated heterocycles. The monoisotopic (exact) mass is 388 g/mol. The number of aryl methyl sites for hydroxylation is 2. The minimum Gasteiger partial charge on any atom is -0.0843 e. The fraction of sp³-hybridized carbons (Fsp3) is 0.333. The van der Waals surface area contributed by atoms with Crippen molar-refractivity contribution in [2.24, 2.45) is 5.92 Å². The highest BCUT2D eigenvalue weighted by Crippen LogP contribution is 2.37. The van der Waals surface area contributed by atoms with Gasteiger partial charge < -0.3 is 0 Å². The third-order valence-electron chi connectivity index (χ3n) is 6.37. The summed E-state index contributed by atoms with van der Waals surface area (Å²) >= 11 is 5.99. The summed E-state index contributed by atoms with van der Waals surface area (Å²) < 4.78 is 0. The van der Waals surface area contributed by atoms with E-state index in [4.69, 9.17) is 11.6 Å². The van der Waals surface area contributed by atoms with Gasteiger partial charge in [0.25, 0.3) is 0 Å². The second kappa shape index (κ2) is 8.97. The average Bonchev–Trinajstić information content (AvgIpc) is 2.74. The van der Waals surface area contributed by atoms with Crippen LogP contribution >= 0.6 is 11.6 Å². The molecule has 0 amide bonds. The number of hydrogen-bond acceptors (Lipinski definition) is 0. The third-order valence-corrected chi connectivity index (χ3v) is 6.62. The van der Waals surface area contributed by atoms with E-state index in [1.54, 1.807) is 5.56 Å². The van der Waals surface area contributed by atoms with Gasteiger partial charge in [-0.15, -0.1) is 0 Å². The van der Waals surface area contributed by atoms with Gasteiger partial charge in [-0.2, -0.15) is 0 Å². The van der Waals surface area contributed by atoms with Gasteiger partial charge in [-0.1, -0.05) is 77.8 Å². The lowest BCUT2D eigenvalue weighted by Crippen LogP contribution is -2.14. The SMILES string of the molecule is Cc1ccc(C2CCC(CCc3ccc(-c4ccc(Cl)cc4)cc3)CC2)cc1. The van der Waals surface area contributed by atoms with Crippen LogP contribution in [0.3, 0.4) is 0 Å². The van der Waals surface area contributed by atoms with Crippen molar-refractivity contribution in [3.8, 4) is 11.1 Å². The van der Waals surface area contributed by atoms with Crippen LogP contribution in [0.2, 0.25) is 5.02 Å². The number of hydrogen-bond donors (Lipinski definition) is 0. The fourth-order valence-electron chi connectivity index (χ4n) is 4.50. The highest BCUT2D eigenvalue weighted by atomic mass is 35.5. The van der Waals surface area contributed by atoms with E-state index in [1.807, 2.05) is 12.1 Å². The lowest BCUT2D eigenvalue weighted by molar-refractivity contribution is 0.310. The fourth-order valence-corrected chi connectivity index (χ4v) is 4.63. The molecule has 3 aromatic rings. The molecule has 1 aliphatic rings. The Kier molecular flexibility index (Phi) is 6.17. The lowest BCUT2D eigenvalue weighted by Gasteiger charge is -2.29. The van der Waals surface area contributed by atoms with E-state index in [-0.39, 0.29) is 0 Å². The van der Waals surface area contributed by atoms with Crippen LogP contribution in [-0.4, -0.2) is 0 Å². The molecule has 0 N–H and O–H groups in total. The smallest absolute Gasteiger partial charge is 0.0406 e. The van der Waals surface area contributed by atoms with Crippen molar-refractivity contribution in [2.75, 3.05) is 0 Å². The Bertz CT molecular complexity index is 867. The van der Waals surface area contributed by atoms with E-state index in [9.17, 15) is 0 Å². The third kappa shape index (κ3) is 4.86. The molecule has 1 fully saturated rings. The minimum absolute atomic E-state index is 0.774. The van der Waals surface area contributed by atoms with Crippen LogP contribution in [-0.2, 0) is 6.42 Å². The van der Waals surface area contributed by atoms with Gasteiger partial charge in [0.2, 0.25) is 0 Å². The molecule has 28 heavy (non-hydrogen) atoms. The highest BCUT2D eigenvalue weighted by molar-refractivity contribution is 6.30. The van der Waals surface area contributed by atoms with Gasteiger partial charge in [0.05, 0.1) is 0 Å². The Labute approximate surface area is 174 Å². The second-order valence-electron chi connectivity index (χ2n) is 8.37. The molecule has 4 rings (SSSR count). The van der Waals surface area contributed by atoms with Crippen molar-refractivity contribution in [3.05, 3.63) is 94.5 Å². The van der Waals surface area contributed by atoms with Crippen LogP contribution < -0.4 is 0 Å². The lowest BCUT2D eigenvalue weighted by atomic mass is 9.77. The van der Waals surface area contributed by atoms with Gasteiger partial charge in [0.15, 0.2) is 0 Å². The van der Waals surface area contributed by atoms with Gasteiger partial charge >= 0.3 is 0 Å². The van der Waals surface area contributed by atoms with Crippen LogP contribution in [0.5, 0.6) is 0 Å². The topological polar surface area (TPSA) is 0 Å². The summed E-state index contributed by atoms with van der Waals surface area (Å²) in [5, 5.41) is 0.789. The van der Waals surface area contributed by atoms with Gasteiger partial charge in [0.1, 0.15) is 0 Å². The summed E-state index contributed by atoms with van der Waals surface area (Å²) in [7, 11) is 0. The summed E-state index contributed by atoms with van der Waals surface area (Å²) in [6.07, 6.45) is 7.97. The standard InChI is InChI=1S/C27H29Cl/c1-20-2-10-23(11-3-20)24-12-6-21(7-13-24)4-5-22-8-14-25(15-9-22)26-16-18-27(28)19-17-26/h2-3,8-11,14-19,21,24H,4-7,12-13H2,1H3. The van der Waals surface area contributed by atoms with Crippen LogP contribution in [0.25, 0.3) is 11.1 Å². The molecule has 0 nitrogen and oxygen atoms in total. The van der Waals surface area contributed by atoms with Gasteiger partial charge in [0, 0.05) is 5.02 Å². The molecule has 0 unspecified atom stereocenters. The molecule has 3 aromatic carbocycles. The van der Waals surface area contributed by atoms with E-state index in [0.717, 1.165) is 16.9 Å². The zero-order valence-corrected chi connectivity index (χ0v) is 17.5. The molecular formula is C27H29Cl. The zero-order valence-electron chi connectivity index (χ0n) is 16.7. The molecule has 0 aromatic heterocycles. The number of rotatable bonds is 5. The molecule has 144 valence electrons. The molecule has 0 aliphatic heterocycles. The first-order chi connectivity index (χ1) is 13.7. The van der Waals surface area contributed by atoms with E-state index >= 15 is 0 Å². The van der Waals surface area contributed by atoms with Crippen LogP contribution in [0, 0.1) is 12.8 Å². The van der Waals surface area contributed by atoms with Crippen molar-refractivity contribution in [1.82, 2.24) is 0 Å². The maximum atomic E-state index is 5.99. The van der Waals surface area contributed by atoms with Crippen molar-refractivity contribution >= 4 is 11.6 Å². The van der Waals surface area contributed by atoms with Crippen molar-refractivity contribution in [1.29, 1.82) is 0 Å². The minimum atomic E-state index is 0.774. The first-order valence-corrected chi connectivity index (χ1v) is 11.0. The Morgan fingerprint density at radius 3 is 1.89 bits per heavy atom. The molecule has 0 bridgehead atoms. The quantitative estimate of drug-likeness (QED) is 0.413. The number of benzene rings is 3. The Morgan fingerprint density at radius 2 is 1.29 bits per heavy atom. The largest absolute Gasteiger partial charge is 0.0843 e.